The largest absolute Gasteiger partial charge is 0.349 e. The molecule has 0 bridgehead atoms. The van der Waals surface area contributed by atoms with Gasteiger partial charge in [-0.2, -0.15) is 0 Å². The van der Waals surface area contributed by atoms with Crippen LogP contribution in [0.4, 0.5) is 5.69 Å². The number of aryl methyl sites for hydroxylation is 1. The first-order valence-corrected chi connectivity index (χ1v) is 10.3. The van der Waals surface area contributed by atoms with Crippen molar-refractivity contribution in [2.45, 2.75) is 64.5 Å². The van der Waals surface area contributed by atoms with Crippen molar-refractivity contribution in [3.63, 3.8) is 0 Å². The molecule has 1 aromatic carbocycles. The van der Waals surface area contributed by atoms with E-state index in [9.17, 15) is 0 Å². The Kier molecular flexibility index (Phi) is 6.34. The molecule has 2 atom stereocenters. The number of anilines is 1. The quantitative estimate of drug-likeness (QED) is 0.790. The molecule has 1 aliphatic carbocycles. The number of thiocarbonyl (C=S) groups is 1. The summed E-state index contributed by atoms with van der Waals surface area (Å²) in [5.74, 6) is 0.848. The lowest BCUT2D eigenvalue weighted by molar-refractivity contribution is 0.0691. The van der Waals surface area contributed by atoms with Gasteiger partial charge in [0.1, 0.15) is 0 Å². The van der Waals surface area contributed by atoms with Crippen LogP contribution >= 0.6 is 12.2 Å². The number of nitrogens with zero attached hydrogens (tertiary/aromatic N) is 2. The molecule has 25 heavy (non-hydrogen) atoms. The maximum atomic E-state index is 5.67. The summed E-state index contributed by atoms with van der Waals surface area (Å²) in [5.41, 5.74) is 2.37. The van der Waals surface area contributed by atoms with Crippen LogP contribution in [0.2, 0.25) is 0 Å². The lowest BCUT2D eigenvalue weighted by atomic mass is 9.84. The molecule has 2 fully saturated rings. The van der Waals surface area contributed by atoms with Crippen LogP contribution in [0.1, 0.15) is 51.0 Å². The number of nitrogens with one attached hydrogen (secondary N) is 1. The van der Waals surface area contributed by atoms with Crippen LogP contribution in [0.3, 0.4) is 0 Å². The van der Waals surface area contributed by atoms with Gasteiger partial charge in [0.2, 0.25) is 0 Å². The maximum absolute atomic E-state index is 5.67. The molecule has 1 N–H and O–H groups in total. The molecule has 2 unspecified atom stereocenters. The molecule has 0 spiro atoms. The standard InChI is InChI=1S/C21H33N3S/c1-16-8-4-6-10-19(16)22-21(25)24-14-12-18(13-15-24)23(3)20-11-7-5-9-17(20)2/h4,6,8,10,17-18,20H,5,7,9,11-15H2,1-3H3,(H,22,25). The summed E-state index contributed by atoms with van der Waals surface area (Å²) in [6.45, 7) is 6.69. The Hall–Kier alpha value is -1.13. The minimum atomic E-state index is 0.711. The van der Waals surface area contributed by atoms with Gasteiger partial charge in [-0.05, 0) is 69.4 Å². The zero-order valence-electron chi connectivity index (χ0n) is 16.0. The molecule has 3 nitrogen and oxygen atoms in total. The fourth-order valence-corrected chi connectivity index (χ4v) is 4.85. The highest BCUT2D eigenvalue weighted by Gasteiger charge is 2.31. The van der Waals surface area contributed by atoms with E-state index in [0.717, 1.165) is 35.8 Å². The molecule has 0 radical (unpaired) electrons. The van der Waals surface area contributed by atoms with Gasteiger partial charge in [-0.3, -0.25) is 0 Å². The fraction of sp³-hybridized carbons (Fsp3) is 0.667. The first kappa shape index (κ1) is 18.7. The van der Waals surface area contributed by atoms with Gasteiger partial charge in [-0.15, -0.1) is 0 Å². The normalized spacial score (nSPS) is 25.2. The minimum absolute atomic E-state index is 0.711. The third-order valence-electron chi connectivity index (χ3n) is 6.30. The second kappa shape index (κ2) is 8.50. The first-order valence-electron chi connectivity index (χ1n) is 9.89. The molecule has 3 rings (SSSR count). The molecule has 0 amide bonds. The van der Waals surface area contributed by atoms with E-state index < -0.39 is 0 Å². The summed E-state index contributed by atoms with van der Waals surface area (Å²) in [4.78, 5) is 5.04. The monoisotopic (exact) mass is 359 g/mol. The summed E-state index contributed by atoms with van der Waals surface area (Å²) >= 11 is 5.67. The maximum Gasteiger partial charge on any atom is 0.173 e. The number of piperidine rings is 1. The fourth-order valence-electron chi connectivity index (χ4n) is 4.56. The Bertz CT molecular complexity index is 580. The smallest absolute Gasteiger partial charge is 0.173 e. The van der Waals surface area contributed by atoms with E-state index in [-0.39, 0.29) is 0 Å². The van der Waals surface area contributed by atoms with E-state index in [4.69, 9.17) is 12.2 Å². The molecule has 0 aromatic heterocycles. The Morgan fingerprint density at radius 1 is 1.12 bits per heavy atom. The van der Waals surface area contributed by atoms with Crippen molar-refractivity contribution in [2.75, 3.05) is 25.5 Å². The molecule has 1 aromatic rings. The Morgan fingerprint density at radius 2 is 1.80 bits per heavy atom. The third kappa shape index (κ3) is 4.53. The number of benzene rings is 1. The second-order valence-electron chi connectivity index (χ2n) is 7.96. The van der Waals surface area contributed by atoms with Gasteiger partial charge in [-0.25, -0.2) is 0 Å². The van der Waals surface area contributed by atoms with Crippen LogP contribution in [0, 0.1) is 12.8 Å². The van der Waals surface area contributed by atoms with Crippen molar-refractivity contribution >= 4 is 23.0 Å². The topological polar surface area (TPSA) is 18.5 Å². The van der Waals surface area contributed by atoms with Crippen molar-refractivity contribution in [1.29, 1.82) is 0 Å². The molecule has 1 saturated heterocycles. The number of hydrogen-bond acceptors (Lipinski definition) is 2. The lowest BCUT2D eigenvalue weighted by Gasteiger charge is -2.44. The van der Waals surface area contributed by atoms with Crippen LogP contribution in [0.15, 0.2) is 24.3 Å². The van der Waals surface area contributed by atoms with Gasteiger partial charge >= 0.3 is 0 Å². The van der Waals surface area contributed by atoms with Crippen LogP contribution in [-0.4, -0.2) is 47.1 Å². The van der Waals surface area contributed by atoms with Crippen LogP contribution < -0.4 is 5.32 Å². The highest BCUT2D eigenvalue weighted by molar-refractivity contribution is 7.80. The van der Waals surface area contributed by atoms with Crippen LogP contribution in [0.25, 0.3) is 0 Å². The molecular weight excluding hydrogens is 326 g/mol. The van der Waals surface area contributed by atoms with Crippen molar-refractivity contribution < 1.29 is 0 Å². The van der Waals surface area contributed by atoms with E-state index in [0.29, 0.717) is 6.04 Å². The zero-order valence-corrected chi connectivity index (χ0v) is 16.8. The summed E-state index contributed by atoms with van der Waals surface area (Å²) in [7, 11) is 2.36. The molecule has 4 heteroatoms. The number of likely N-dealkylation sites (tertiary alicyclic amines) is 1. The SMILES string of the molecule is Cc1ccccc1NC(=S)N1CCC(N(C)C2CCCCC2C)CC1. The molecular formula is C21H33N3S. The van der Waals surface area contributed by atoms with Crippen molar-refractivity contribution in [3.05, 3.63) is 29.8 Å². The number of hydrogen-bond donors (Lipinski definition) is 1. The summed E-state index contributed by atoms with van der Waals surface area (Å²) in [6, 6.07) is 9.84. The van der Waals surface area contributed by atoms with Gasteiger partial charge in [0.05, 0.1) is 0 Å². The average molecular weight is 360 g/mol. The van der Waals surface area contributed by atoms with Gasteiger partial charge in [0, 0.05) is 30.9 Å². The number of rotatable bonds is 3. The lowest BCUT2D eigenvalue weighted by Crippen LogP contribution is -2.51. The van der Waals surface area contributed by atoms with Gasteiger partial charge in [0.25, 0.3) is 0 Å². The average Bonchev–Trinajstić information content (AvgIpc) is 2.63. The second-order valence-corrected chi connectivity index (χ2v) is 8.34. The van der Waals surface area contributed by atoms with Crippen LogP contribution in [0.5, 0.6) is 0 Å². The zero-order chi connectivity index (χ0) is 17.8. The van der Waals surface area contributed by atoms with Gasteiger partial charge < -0.3 is 15.1 Å². The Morgan fingerprint density at radius 3 is 2.48 bits per heavy atom. The summed E-state index contributed by atoms with van der Waals surface area (Å²) in [6.07, 6.45) is 8.04. The summed E-state index contributed by atoms with van der Waals surface area (Å²) < 4.78 is 0. The summed E-state index contributed by atoms with van der Waals surface area (Å²) in [5, 5.41) is 4.31. The van der Waals surface area contributed by atoms with Crippen LogP contribution in [-0.2, 0) is 0 Å². The molecule has 1 aliphatic heterocycles. The van der Waals surface area contributed by atoms with E-state index in [2.05, 4.69) is 60.3 Å². The van der Waals surface area contributed by atoms with Crippen molar-refractivity contribution in [2.24, 2.45) is 5.92 Å². The highest BCUT2D eigenvalue weighted by atomic mass is 32.1. The predicted molar refractivity (Wildman–Crippen MR) is 111 cm³/mol. The highest BCUT2D eigenvalue weighted by Crippen LogP contribution is 2.30. The van der Waals surface area contributed by atoms with Crippen molar-refractivity contribution in [3.8, 4) is 0 Å². The Balaban J connectivity index is 1.51. The van der Waals surface area contributed by atoms with Crippen molar-refractivity contribution in [1.82, 2.24) is 9.80 Å². The predicted octanol–water partition coefficient (Wildman–Crippen LogP) is 4.67. The third-order valence-corrected chi connectivity index (χ3v) is 6.66. The number of para-hydroxylation sites is 1. The first-order chi connectivity index (χ1) is 12.1. The molecule has 2 aliphatic rings. The van der Waals surface area contributed by atoms with E-state index in [1.54, 1.807) is 0 Å². The van der Waals surface area contributed by atoms with Gasteiger partial charge in [0.15, 0.2) is 5.11 Å². The Labute approximate surface area is 158 Å². The minimum Gasteiger partial charge on any atom is -0.349 e. The van der Waals surface area contributed by atoms with E-state index >= 15 is 0 Å². The van der Waals surface area contributed by atoms with Gasteiger partial charge in [-0.1, -0.05) is 38.0 Å². The molecule has 1 heterocycles. The van der Waals surface area contributed by atoms with E-state index in [1.165, 1.54) is 44.1 Å². The molecule has 138 valence electrons. The molecule has 1 saturated carbocycles. The van der Waals surface area contributed by atoms with E-state index in [1.807, 2.05) is 0 Å².